The molecule has 0 radical (unpaired) electrons. The number of aliphatic hydroxyl groups is 1. The Morgan fingerprint density at radius 2 is 1.93 bits per heavy atom. The summed E-state index contributed by atoms with van der Waals surface area (Å²) in [5.74, 6) is 0.931. The normalized spacial score (nSPS) is 10.5. The van der Waals surface area contributed by atoms with Gasteiger partial charge in [-0.2, -0.15) is 0 Å². The summed E-state index contributed by atoms with van der Waals surface area (Å²) in [5.41, 5.74) is 2.40. The average molecular weight is 204 g/mol. The molecule has 1 heterocycles. The second kappa shape index (κ2) is 3.74. The lowest BCUT2D eigenvalue weighted by molar-refractivity contribution is 0.276. The van der Waals surface area contributed by atoms with Crippen LogP contribution in [0.2, 0.25) is 0 Å². The molecule has 0 spiro atoms. The Bertz CT molecular complexity index is 460. The molecule has 0 atom stereocenters. The van der Waals surface area contributed by atoms with Crippen LogP contribution in [-0.2, 0) is 6.61 Å². The Balaban J connectivity index is 2.41. The SMILES string of the molecule is Cc1[nH]c(-c2ccc(O)cc2)nc1CO. The highest BCUT2D eigenvalue weighted by Crippen LogP contribution is 2.20. The highest BCUT2D eigenvalue weighted by molar-refractivity contribution is 5.57. The van der Waals surface area contributed by atoms with Gasteiger partial charge >= 0.3 is 0 Å². The van der Waals surface area contributed by atoms with Crippen molar-refractivity contribution in [2.45, 2.75) is 13.5 Å². The lowest BCUT2D eigenvalue weighted by Gasteiger charge is -1.96. The maximum absolute atomic E-state index is 9.14. The first kappa shape index (κ1) is 9.73. The number of aromatic hydroxyl groups is 1. The molecule has 0 saturated carbocycles. The molecule has 0 saturated heterocycles. The molecule has 1 aromatic carbocycles. The van der Waals surface area contributed by atoms with E-state index in [0.29, 0.717) is 11.5 Å². The van der Waals surface area contributed by atoms with Gasteiger partial charge in [-0.05, 0) is 31.2 Å². The Morgan fingerprint density at radius 3 is 2.47 bits per heavy atom. The molecule has 0 unspecified atom stereocenters. The van der Waals surface area contributed by atoms with Gasteiger partial charge in [0.1, 0.15) is 11.6 Å². The number of aliphatic hydroxyl groups excluding tert-OH is 1. The summed E-state index contributed by atoms with van der Waals surface area (Å²) in [6.45, 7) is 1.79. The predicted molar refractivity (Wildman–Crippen MR) is 56.3 cm³/mol. The van der Waals surface area contributed by atoms with Gasteiger partial charge in [0.05, 0.1) is 12.3 Å². The molecule has 0 bridgehead atoms. The average Bonchev–Trinajstić information content (AvgIpc) is 2.61. The number of nitrogens with one attached hydrogen (secondary N) is 1. The lowest BCUT2D eigenvalue weighted by atomic mass is 10.2. The first-order chi connectivity index (χ1) is 7.20. The Labute approximate surface area is 87.2 Å². The second-order valence-corrected chi connectivity index (χ2v) is 3.36. The zero-order valence-electron chi connectivity index (χ0n) is 8.36. The van der Waals surface area contributed by atoms with Crippen LogP contribution in [0.4, 0.5) is 0 Å². The standard InChI is InChI=1S/C11H12N2O2/c1-7-10(6-14)13-11(12-7)8-2-4-9(15)5-3-8/h2-5,14-15H,6H2,1H3,(H,12,13). The molecule has 3 N–H and O–H groups in total. The molecule has 4 heteroatoms. The number of aromatic amines is 1. The van der Waals surface area contributed by atoms with Crippen LogP contribution in [0.1, 0.15) is 11.4 Å². The number of phenolic OH excluding ortho intramolecular Hbond substituents is 1. The minimum Gasteiger partial charge on any atom is -0.508 e. The fourth-order valence-electron chi connectivity index (χ4n) is 1.41. The molecule has 0 aliphatic carbocycles. The number of hydrogen-bond donors (Lipinski definition) is 3. The molecule has 1 aromatic heterocycles. The van der Waals surface area contributed by atoms with Gasteiger partial charge in [-0.3, -0.25) is 0 Å². The number of hydrogen-bond acceptors (Lipinski definition) is 3. The highest BCUT2D eigenvalue weighted by Gasteiger charge is 2.06. The van der Waals surface area contributed by atoms with E-state index in [1.165, 1.54) is 0 Å². The van der Waals surface area contributed by atoms with Crippen molar-refractivity contribution in [2.75, 3.05) is 0 Å². The Kier molecular flexibility index (Phi) is 2.43. The van der Waals surface area contributed by atoms with Crippen LogP contribution in [0.3, 0.4) is 0 Å². The molecule has 0 fully saturated rings. The van der Waals surface area contributed by atoms with Gasteiger partial charge in [0.15, 0.2) is 0 Å². The van der Waals surface area contributed by atoms with Crippen LogP contribution in [0, 0.1) is 6.92 Å². The summed E-state index contributed by atoms with van der Waals surface area (Å²) in [7, 11) is 0. The summed E-state index contributed by atoms with van der Waals surface area (Å²) >= 11 is 0. The molecular formula is C11H12N2O2. The molecule has 0 aliphatic rings. The summed E-state index contributed by atoms with van der Waals surface area (Å²) in [6, 6.07) is 6.75. The molecular weight excluding hydrogens is 192 g/mol. The van der Waals surface area contributed by atoms with Crippen molar-refractivity contribution in [1.82, 2.24) is 9.97 Å². The van der Waals surface area contributed by atoms with Crippen LogP contribution < -0.4 is 0 Å². The van der Waals surface area contributed by atoms with E-state index in [-0.39, 0.29) is 12.4 Å². The van der Waals surface area contributed by atoms with Gasteiger partial charge in [-0.15, -0.1) is 0 Å². The van der Waals surface area contributed by atoms with Gasteiger partial charge in [0.25, 0.3) is 0 Å². The largest absolute Gasteiger partial charge is 0.508 e. The van der Waals surface area contributed by atoms with E-state index in [1.54, 1.807) is 24.3 Å². The van der Waals surface area contributed by atoms with Crippen LogP contribution in [0.15, 0.2) is 24.3 Å². The van der Waals surface area contributed by atoms with E-state index in [2.05, 4.69) is 9.97 Å². The summed E-state index contributed by atoms with van der Waals surface area (Å²) < 4.78 is 0. The van der Waals surface area contributed by atoms with Crippen LogP contribution in [-0.4, -0.2) is 20.2 Å². The van der Waals surface area contributed by atoms with Crippen LogP contribution in [0.25, 0.3) is 11.4 Å². The van der Waals surface area contributed by atoms with Gasteiger partial charge in [0, 0.05) is 11.3 Å². The molecule has 78 valence electrons. The van der Waals surface area contributed by atoms with Gasteiger partial charge in [-0.1, -0.05) is 0 Å². The molecule has 0 aliphatic heterocycles. The van der Waals surface area contributed by atoms with Gasteiger partial charge in [-0.25, -0.2) is 4.98 Å². The van der Waals surface area contributed by atoms with Crippen molar-refractivity contribution in [2.24, 2.45) is 0 Å². The minimum absolute atomic E-state index is 0.0690. The third-order valence-electron chi connectivity index (χ3n) is 2.28. The minimum atomic E-state index is -0.0690. The molecule has 2 rings (SSSR count). The highest BCUT2D eigenvalue weighted by atomic mass is 16.3. The zero-order valence-corrected chi connectivity index (χ0v) is 8.36. The Morgan fingerprint density at radius 1 is 1.27 bits per heavy atom. The topological polar surface area (TPSA) is 69.1 Å². The molecule has 4 nitrogen and oxygen atoms in total. The van der Waals surface area contributed by atoms with E-state index in [9.17, 15) is 0 Å². The summed E-state index contributed by atoms with van der Waals surface area (Å²) in [4.78, 5) is 7.32. The van der Waals surface area contributed by atoms with E-state index in [1.807, 2.05) is 6.92 Å². The number of imidazole rings is 1. The lowest BCUT2D eigenvalue weighted by Crippen LogP contribution is -1.85. The number of nitrogens with zero attached hydrogens (tertiary/aromatic N) is 1. The van der Waals surface area contributed by atoms with E-state index < -0.39 is 0 Å². The number of H-pyrrole nitrogens is 1. The van der Waals surface area contributed by atoms with Crippen molar-refractivity contribution >= 4 is 0 Å². The Hall–Kier alpha value is -1.81. The van der Waals surface area contributed by atoms with Crippen molar-refractivity contribution in [3.8, 4) is 17.1 Å². The molecule has 15 heavy (non-hydrogen) atoms. The smallest absolute Gasteiger partial charge is 0.137 e. The number of rotatable bonds is 2. The predicted octanol–water partition coefficient (Wildman–Crippen LogP) is 1.58. The maximum atomic E-state index is 9.14. The molecule has 2 aromatic rings. The third kappa shape index (κ3) is 1.85. The fourth-order valence-corrected chi connectivity index (χ4v) is 1.41. The first-order valence-electron chi connectivity index (χ1n) is 4.66. The van der Waals surface area contributed by atoms with Crippen LogP contribution >= 0.6 is 0 Å². The number of aryl methyl sites for hydroxylation is 1. The van der Waals surface area contributed by atoms with E-state index in [0.717, 1.165) is 11.3 Å². The van der Waals surface area contributed by atoms with Crippen molar-refractivity contribution in [3.05, 3.63) is 35.7 Å². The van der Waals surface area contributed by atoms with Gasteiger partial charge in [0.2, 0.25) is 0 Å². The number of benzene rings is 1. The third-order valence-corrected chi connectivity index (χ3v) is 2.28. The number of phenols is 1. The van der Waals surface area contributed by atoms with Crippen molar-refractivity contribution < 1.29 is 10.2 Å². The second-order valence-electron chi connectivity index (χ2n) is 3.36. The van der Waals surface area contributed by atoms with Crippen molar-refractivity contribution in [1.29, 1.82) is 0 Å². The van der Waals surface area contributed by atoms with Crippen molar-refractivity contribution in [3.63, 3.8) is 0 Å². The maximum Gasteiger partial charge on any atom is 0.137 e. The quantitative estimate of drug-likeness (QED) is 0.695. The first-order valence-corrected chi connectivity index (χ1v) is 4.66. The fraction of sp³-hybridized carbons (Fsp3) is 0.182. The monoisotopic (exact) mass is 204 g/mol. The summed E-state index contributed by atoms with van der Waals surface area (Å²) in [5, 5.41) is 18.1. The van der Waals surface area contributed by atoms with Gasteiger partial charge < -0.3 is 15.2 Å². The molecule has 0 amide bonds. The van der Waals surface area contributed by atoms with E-state index >= 15 is 0 Å². The van der Waals surface area contributed by atoms with E-state index in [4.69, 9.17) is 10.2 Å². The summed E-state index contributed by atoms with van der Waals surface area (Å²) in [6.07, 6.45) is 0. The van der Waals surface area contributed by atoms with Crippen LogP contribution in [0.5, 0.6) is 5.75 Å². The number of aromatic nitrogens is 2. The zero-order chi connectivity index (χ0) is 10.8.